The lowest BCUT2D eigenvalue weighted by Crippen LogP contribution is -2.45. The number of amides is 3. The van der Waals surface area contributed by atoms with Crippen LogP contribution in [-0.4, -0.2) is 47.2 Å². The molecule has 0 aromatic heterocycles. The highest BCUT2D eigenvalue weighted by atomic mass is 16.2. The van der Waals surface area contributed by atoms with Gasteiger partial charge in [-0.3, -0.25) is 19.3 Å². The van der Waals surface area contributed by atoms with E-state index in [0.717, 1.165) is 10.5 Å². The van der Waals surface area contributed by atoms with Crippen molar-refractivity contribution in [1.82, 2.24) is 9.80 Å². The summed E-state index contributed by atoms with van der Waals surface area (Å²) in [7, 11) is 0. The Morgan fingerprint density at radius 2 is 2.00 bits per heavy atom. The Hall–Kier alpha value is -1.65. The maximum Gasteiger partial charge on any atom is 0.243 e. The van der Waals surface area contributed by atoms with Gasteiger partial charge in [0.15, 0.2) is 0 Å². The highest BCUT2D eigenvalue weighted by Gasteiger charge is 2.50. The second-order valence-corrected chi connectivity index (χ2v) is 6.40. The lowest BCUT2D eigenvalue weighted by Gasteiger charge is -2.27. The molecular weight excluding hydrogens is 268 g/mol. The van der Waals surface area contributed by atoms with Crippen LogP contribution in [-0.2, 0) is 14.4 Å². The molecule has 0 spiro atoms. The number of rotatable bonds is 6. The standard InChI is InChI=1S/C16H26N2O3/c1-7-17(9-11(2)3)14(20)10-18-13(19)8-16(6,12(4)5)15(18)21/h12H,2,7-10H2,1,3-6H3/t16-/m0/s1. The molecular formula is C16H26N2O3. The fourth-order valence-corrected chi connectivity index (χ4v) is 2.46. The van der Waals surface area contributed by atoms with Gasteiger partial charge < -0.3 is 4.90 Å². The number of carbonyl (C=O) groups is 3. The van der Waals surface area contributed by atoms with E-state index in [0.29, 0.717) is 13.1 Å². The van der Waals surface area contributed by atoms with Crippen LogP contribution in [0.15, 0.2) is 12.2 Å². The molecule has 1 aliphatic rings. The van der Waals surface area contributed by atoms with Crippen molar-refractivity contribution in [3.8, 4) is 0 Å². The number of hydrogen-bond donors (Lipinski definition) is 0. The van der Waals surface area contributed by atoms with Crippen molar-refractivity contribution in [2.75, 3.05) is 19.6 Å². The molecule has 1 heterocycles. The molecule has 1 aliphatic heterocycles. The minimum atomic E-state index is -0.692. The highest BCUT2D eigenvalue weighted by Crippen LogP contribution is 2.39. The summed E-state index contributed by atoms with van der Waals surface area (Å²) in [6, 6.07) is 0. The molecule has 0 aromatic rings. The van der Waals surface area contributed by atoms with Gasteiger partial charge in [-0.15, -0.1) is 0 Å². The van der Waals surface area contributed by atoms with E-state index in [2.05, 4.69) is 6.58 Å². The Morgan fingerprint density at radius 3 is 2.38 bits per heavy atom. The van der Waals surface area contributed by atoms with Gasteiger partial charge in [0, 0.05) is 19.5 Å². The van der Waals surface area contributed by atoms with Crippen LogP contribution in [0.1, 0.15) is 41.0 Å². The smallest absolute Gasteiger partial charge is 0.243 e. The summed E-state index contributed by atoms with van der Waals surface area (Å²) in [6.45, 7) is 14.0. The van der Waals surface area contributed by atoms with Crippen molar-refractivity contribution < 1.29 is 14.4 Å². The molecule has 0 unspecified atom stereocenters. The van der Waals surface area contributed by atoms with Gasteiger partial charge >= 0.3 is 0 Å². The number of imide groups is 1. The molecule has 0 aliphatic carbocycles. The first-order valence-corrected chi connectivity index (χ1v) is 7.40. The van der Waals surface area contributed by atoms with E-state index < -0.39 is 5.41 Å². The zero-order valence-corrected chi connectivity index (χ0v) is 13.7. The summed E-state index contributed by atoms with van der Waals surface area (Å²) in [5, 5.41) is 0. The van der Waals surface area contributed by atoms with Gasteiger partial charge in [-0.2, -0.15) is 0 Å². The quantitative estimate of drug-likeness (QED) is 0.555. The molecule has 0 aromatic carbocycles. The monoisotopic (exact) mass is 294 g/mol. The van der Waals surface area contributed by atoms with Crippen LogP contribution in [0.4, 0.5) is 0 Å². The Bertz CT molecular complexity index is 470. The highest BCUT2D eigenvalue weighted by molar-refractivity contribution is 6.07. The summed E-state index contributed by atoms with van der Waals surface area (Å²) in [5.74, 6) is -0.639. The van der Waals surface area contributed by atoms with Crippen LogP contribution in [0.2, 0.25) is 0 Å². The predicted molar refractivity (Wildman–Crippen MR) is 81.4 cm³/mol. The molecule has 5 heteroatoms. The van der Waals surface area contributed by atoms with Gasteiger partial charge in [-0.1, -0.05) is 26.0 Å². The van der Waals surface area contributed by atoms with Crippen LogP contribution >= 0.6 is 0 Å². The summed E-state index contributed by atoms with van der Waals surface area (Å²) in [5.41, 5.74) is 0.180. The maximum absolute atomic E-state index is 12.5. The van der Waals surface area contributed by atoms with Crippen molar-refractivity contribution in [3.63, 3.8) is 0 Å². The van der Waals surface area contributed by atoms with Gasteiger partial charge in [-0.25, -0.2) is 0 Å². The Labute approximate surface area is 127 Å². The first kappa shape index (κ1) is 17.4. The van der Waals surface area contributed by atoms with Crippen molar-refractivity contribution in [2.45, 2.75) is 41.0 Å². The molecule has 0 N–H and O–H groups in total. The van der Waals surface area contributed by atoms with Crippen molar-refractivity contribution in [3.05, 3.63) is 12.2 Å². The first-order valence-electron chi connectivity index (χ1n) is 7.40. The first-order chi connectivity index (χ1) is 9.63. The number of carbonyl (C=O) groups excluding carboxylic acids is 3. The van der Waals surface area contributed by atoms with Gasteiger partial charge in [0.05, 0.1) is 5.41 Å². The molecule has 0 saturated carbocycles. The topological polar surface area (TPSA) is 57.7 Å². The minimum Gasteiger partial charge on any atom is -0.337 e. The molecule has 21 heavy (non-hydrogen) atoms. The van der Waals surface area contributed by atoms with E-state index in [1.807, 2.05) is 27.7 Å². The van der Waals surface area contributed by atoms with E-state index in [-0.39, 0.29) is 36.6 Å². The van der Waals surface area contributed by atoms with E-state index in [4.69, 9.17) is 0 Å². The third kappa shape index (κ3) is 3.52. The average Bonchev–Trinajstić information content (AvgIpc) is 2.60. The zero-order valence-electron chi connectivity index (χ0n) is 13.7. The summed E-state index contributed by atoms with van der Waals surface area (Å²) in [6.07, 6.45) is 0.184. The summed E-state index contributed by atoms with van der Waals surface area (Å²) < 4.78 is 0. The molecule has 5 nitrogen and oxygen atoms in total. The molecule has 118 valence electrons. The van der Waals surface area contributed by atoms with Crippen LogP contribution in [0, 0.1) is 11.3 Å². The Kier molecular flexibility index (Phi) is 5.31. The molecule has 0 bridgehead atoms. The Morgan fingerprint density at radius 1 is 1.43 bits per heavy atom. The second-order valence-electron chi connectivity index (χ2n) is 6.40. The predicted octanol–water partition coefficient (Wildman–Crippen LogP) is 1.83. The normalized spacial score (nSPS) is 22.1. The lowest BCUT2D eigenvalue weighted by molar-refractivity contribution is -0.147. The Balaban J connectivity index is 2.83. The summed E-state index contributed by atoms with van der Waals surface area (Å²) >= 11 is 0. The van der Waals surface area contributed by atoms with Gasteiger partial charge in [-0.05, 0) is 26.7 Å². The van der Waals surface area contributed by atoms with E-state index in [9.17, 15) is 14.4 Å². The van der Waals surface area contributed by atoms with Gasteiger partial charge in [0.2, 0.25) is 17.7 Å². The molecule has 1 atom stereocenters. The van der Waals surface area contributed by atoms with Crippen LogP contribution in [0.3, 0.4) is 0 Å². The van der Waals surface area contributed by atoms with Gasteiger partial charge in [0.25, 0.3) is 0 Å². The van der Waals surface area contributed by atoms with Gasteiger partial charge in [0.1, 0.15) is 6.54 Å². The van der Waals surface area contributed by atoms with Crippen LogP contribution in [0.25, 0.3) is 0 Å². The van der Waals surface area contributed by atoms with Crippen LogP contribution in [0.5, 0.6) is 0 Å². The summed E-state index contributed by atoms with van der Waals surface area (Å²) in [4.78, 5) is 39.6. The van der Waals surface area contributed by atoms with Crippen molar-refractivity contribution in [2.24, 2.45) is 11.3 Å². The second kappa shape index (κ2) is 6.41. The number of hydrogen-bond acceptors (Lipinski definition) is 3. The lowest BCUT2D eigenvalue weighted by atomic mass is 9.78. The average molecular weight is 294 g/mol. The zero-order chi connectivity index (χ0) is 16.4. The van der Waals surface area contributed by atoms with Crippen LogP contribution < -0.4 is 0 Å². The van der Waals surface area contributed by atoms with E-state index in [1.54, 1.807) is 11.8 Å². The maximum atomic E-state index is 12.5. The SMILES string of the molecule is C=C(C)CN(CC)C(=O)CN1C(=O)C[C@@](C)(C(C)C)C1=O. The van der Waals surface area contributed by atoms with E-state index >= 15 is 0 Å². The minimum absolute atomic E-state index is 0.0618. The molecule has 0 radical (unpaired) electrons. The largest absolute Gasteiger partial charge is 0.337 e. The molecule has 1 fully saturated rings. The third-order valence-electron chi connectivity index (χ3n) is 4.32. The fraction of sp³-hybridized carbons (Fsp3) is 0.688. The van der Waals surface area contributed by atoms with Crippen molar-refractivity contribution in [1.29, 1.82) is 0 Å². The third-order valence-corrected chi connectivity index (χ3v) is 4.32. The molecule has 1 rings (SSSR count). The fourth-order valence-electron chi connectivity index (χ4n) is 2.46. The number of likely N-dealkylation sites (tertiary alicyclic amines) is 1. The molecule has 3 amide bonds. The molecule has 1 saturated heterocycles. The van der Waals surface area contributed by atoms with E-state index in [1.165, 1.54) is 0 Å². The number of nitrogens with zero attached hydrogens (tertiary/aromatic N) is 2. The van der Waals surface area contributed by atoms with Crippen molar-refractivity contribution >= 4 is 17.7 Å². The number of likely N-dealkylation sites (N-methyl/N-ethyl adjacent to an activating group) is 1.